The maximum atomic E-state index is 12.7. The Bertz CT molecular complexity index is 1080. The van der Waals surface area contributed by atoms with E-state index in [9.17, 15) is 4.79 Å². The van der Waals surface area contributed by atoms with Gasteiger partial charge in [0, 0.05) is 43.9 Å². The van der Waals surface area contributed by atoms with Crippen molar-refractivity contribution in [2.24, 2.45) is 0 Å². The third-order valence-corrected chi connectivity index (χ3v) is 5.83. The van der Waals surface area contributed by atoms with Crippen molar-refractivity contribution >= 4 is 17.8 Å². The van der Waals surface area contributed by atoms with E-state index in [1.165, 1.54) is 5.56 Å². The molecule has 1 aromatic heterocycles. The Morgan fingerprint density at radius 1 is 0.906 bits per heavy atom. The predicted octanol–water partition coefficient (Wildman–Crippen LogP) is 4.80. The fraction of sp³-hybridized carbons (Fsp3) is 0.296. The molecule has 0 aliphatic carbocycles. The van der Waals surface area contributed by atoms with Crippen LogP contribution in [0.25, 0.3) is 17.3 Å². The van der Waals surface area contributed by atoms with Gasteiger partial charge in [0.1, 0.15) is 12.1 Å². The molecule has 5 nitrogen and oxygen atoms in total. The molecule has 1 saturated heterocycles. The number of benzene rings is 2. The van der Waals surface area contributed by atoms with E-state index >= 15 is 0 Å². The number of rotatable bonds is 4. The topological polar surface area (TPSA) is 49.3 Å². The van der Waals surface area contributed by atoms with Gasteiger partial charge in [0.05, 0.1) is 5.69 Å². The Kier molecular flexibility index (Phi) is 6.35. The summed E-state index contributed by atoms with van der Waals surface area (Å²) in [5.74, 6) is 0.956. The summed E-state index contributed by atoms with van der Waals surface area (Å²) in [4.78, 5) is 25.7. The first kappa shape index (κ1) is 21.8. The molecule has 164 valence electrons. The van der Waals surface area contributed by atoms with Crippen molar-refractivity contribution in [1.82, 2.24) is 14.9 Å². The first-order chi connectivity index (χ1) is 15.4. The second-order valence-corrected chi connectivity index (χ2v) is 9.15. The van der Waals surface area contributed by atoms with E-state index in [4.69, 9.17) is 0 Å². The quantitative estimate of drug-likeness (QED) is 0.562. The van der Waals surface area contributed by atoms with E-state index < -0.39 is 0 Å². The molecule has 1 amide bonds. The maximum Gasteiger partial charge on any atom is 0.246 e. The molecule has 0 bridgehead atoms. The molecule has 4 rings (SSSR count). The summed E-state index contributed by atoms with van der Waals surface area (Å²) < 4.78 is 0. The normalized spacial score (nSPS) is 14.7. The zero-order valence-corrected chi connectivity index (χ0v) is 19.0. The van der Waals surface area contributed by atoms with Gasteiger partial charge in [0.15, 0.2) is 0 Å². The van der Waals surface area contributed by atoms with Crippen LogP contribution < -0.4 is 4.90 Å². The lowest BCUT2D eigenvalue weighted by Gasteiger charge is -2.35. The summed E-state index contributed by atoms with van der Waals surface area (Å²) in [6.07, 6.45) is 5.19. The third-order valence-electron chi connectivity index (χ3n) is 5.83. The molecule has 2 heterocycles. The average Bonchev–Trinajstić information content (AvgIpc) is 2.83. The second kappa shape index (κ2) is 9.35. The molecule has 1 fully saturated rings. The van der Waals surface area contributed by atoms with Gasteiger partial charge in [-0.2, -0.15) is 0 Å². The van der Waals surface area contributed by atoms with Gasteiger partial charge >= 0.3 is 0 Å². The monoisotopic (exact) mass is 426 g/mol. The minimum atomic E-state index is 0.0530. The number of anilines is 1. The van der Waals surface area contributed by atoms with Crippen LogP contribution in [0.1, 0.15) is 31.9 Å². The number of hydrogen-bond donors (Lipinski definition) is 0. The highest BCUT2D eigenvalue weighted by molar-refractivity contribution is 5.92. The van der Waals surface area contributed by atoms with Crippen LogP contribution in [0.4, 0.5) is 5.82 Å². The third kappa shape index (κ3) is 5.22. The standard InChI is InChI=1S/C27H30N4O/c1-27(2,3)23-12-9-21(10-13-23)11-14-26(32)31-17-15-30(16-18-31)25-19-24(28-20-29-25)22-7-5-4-6-8-22/h4-14,19-20H,15-18H2,1-3H3/b14-11+. The highest BCUT2D eigenvalue weighted by Crippen LogP contribution is 2.23. The summed E-state index contributed by atoms with van der Waals surface area (Å²) in [6, 6.07) is 20.5. The molecule has 1 aliphatic rings. The van der Waals surface area contributed by atoms with Gasteiger partial charge in [-0.15, -0.1) is 0 Å². The van der Waals surface area contributed by atoms with Crippen molar-refractivity contribution in [1.29, 1.82) is 0 Å². The lowest BCUT2D eigenvalue weighted by molar-refractivity contribution is -0.126. The van der Waals surface area contributed by atoms with Gasteiger partial charge in [0.2, 0.25) is 5.91 Å². The molecule has 0 N–H and O–H groups in total. The van der Waals surface area contributed by atoms with E-state index in [1.807, 2.05) is 47.4 Å². The first-order valence-electron chi connectivity index (χ1n) is 11.1. The van der Waals surface area contributed by atoms with Crippen LogP contribution in [-0.4, -0.2) is 47.0 Å². The Hall–Kier alpha value is -3.47. The molecular formula is C27H30N4O. The second-order valence-electron chi connectivity index (χ2n) is 9.15. The van der Waals surface area contributed by atoms with Crippen LogP contribution in [0, 0.1) is 0 Å². The molecule has 1 aliphatic heterocycles. The number of aromatic nitrogens is 2. The number of nitrogens with zero attached hydrogens (tertiary/aromatic N) is 4. The van der Waals surface area contributed by atoms with Crippen molar-refractivity contribution in [3.8, 4) is 11.3 Å². The summed E-state index contributed by atoms with van der Waals surface area (Å²) >= 11 is 0. The van der Waals surface area contributed by atoms with Gasteiger partial charge in [-0.3, -0.25) is 4.79 Å². The number of amides is 1. The fourth-order valence-electron chi connectivity index (χ4n) is 3.81. The summed E-state index contributed by atoms with van der Waals surface area (Å²) in [6.45, 7) is 9.46. The average molecular weight is 427 g/mol. The zero-order chi connectivity index (χ0) is 22.6. The lowest BCUT2D eigenvalue weighted by atomic mass is 9.87. The molecule has 0 saturated carbocycles. The van der Waals surface area contributed by atoms with Crippen molar-refractivity contribution in [2.45, 2.75) is 26.2 Å². The zero-order valence-electron chi connectivity index (χ0n) is 19.0. The lowest BCUT2D eigenvalue weighted by Crippen LogP contribution is -2.48. The predicted molar refractivity (Wildman–Crippen MR) is 130 cm³/mol. The summed E-state index contributed by atoms with van der Waals surface area (Å²) in [5, 5.41) is 0. The van der Waals surface area contributed by atoms with Crippen molar-refractivity contribution in [3.05, 3.63) is 84.2 Å². The summed E-state index contributed by atoms with van der Waals surface area (Å²) in [5.41, 5.74) is 4.44. The number of hydrogen-bond acceptors (Lipinski definition) is 4. The van der Waals surface area contributed by atoms with Crippen molar-refractivity contribution in [3.63, 3.8) is 0 Å². The molecule has 5 heteroatoms. The molecule has 0 atom stereocenters. The molecule has 0 unspecified atom stereocenters. The number of carbonyl (C=O) groups is 1. The van der Waals surface area contributed by atoms with Gasteiger partial charge in [-0.05, 0) is 22.6 Å². The number of carbonyl (C=O) groups excluding carboxylic acids is 1. The Morgan fingerprint density at radius 3 is 2.25 bits per heavy atom. The van der Waals surface area contributed by atoms with E-state index in [1.54, 1.807) is 12.4 Å². The van der Waals surface area contributed by atoms with Crippen LogP contribution in [-0.2, 0) is 10.2 Å². The Balaban J connectivity index is 1.34. The van der Waals surface area contributed by atoms with Crippen LogP contribution in [0.15, 0.2) is 73.1 Å². The van der Waals surface area contributed by atoms with Crippen LogP contribution in [0.2, 0.25) is 0 Å². The van der Waals surface area contributed by atoms with E-state index in [0.717, 1.165) is 35.7 Å². The molecular weight excluding hydrogens is 396 g/mol. The number of piperazine rings is 1. The Morgan fingerprint density at radius 2 is 1.59 bits per heavy atom. The van der Waals surface area contributed by atoms with Crippen LogP contribution in [0.3, 0.4) is 0 Å². The summed E-state index contributed by atoms with van der Waals surface area (Å²) in [7, 11) is 0. The van der Waals surface area contributed by atoms with Gasteiger partial charge in [-0.1, -0.05) is 75.4 Å². The molecule has 2 aromatic carbocycles. The maximum absolute atomic E-state index is 12.7. The minimum Gasteiger partial charge on any atom is -0.353 e. The van der Waals surface area contributed by atoms with E-state index in [2.05, 4.69) is 59.9 Å². The van der Waals surface area contributed by atoms with E-state index in [-0.39, 0.29) is 11.3 Å². The van der Waals surface area contributed by atoms with Crippen molar-refractivity contribution < 1.29 is 4.79 Å². The molecule has 3 aromatic rings. The highest BCUT2D eigenvalue weighted by atomic mass is 16.2. The van der Waals surface area contributed by atoms with Gasteiger partial charge in [0.25, 0.3) is 0 Å². The van der Waals surface area contributed by atoms with Crippen molar-refractivity contribution in [2.75, 3.05) is 31.1 Å². The van der Waals surface area contributed by atoms with E-state index in [0.29, 0.717) is 13.1 Å². The first-order valence-corrected chi connectivity index (χ1v) is 11.1. The highest BCUT2D eigenvalue weighted by Gasteiger charge is 2.21. The largest absolute Gasteiger partial charge is 0.353 e. The smallest absolute Gasteiger partial charge is 0.246 e. The van der Waals surface area contributed by atoms with Crippen LogP contribution >= 0.6 is 0 Å². The van der Waals surface area contributed by atoms with Gasteiger partial charge < -0.3 is 9.80 Å². The molecule has 32 heavy (non-hydrogen) atoms. The molecule has 0 spiro atoms. The van der Waals surface area contributed by atoms with Crippen LogP contribution in [0.5, 0.6) is 0 Å². The minimum absolute atomic E-state index is 0.0530. The fourth-order valence-corrected chi connectivity index (χ4v) is 3.81. The Labute approximate surface area is 190 Å². The SMILES string of the molecule is CC(C)(C)c1ccc(/C=C/C(=O)N2CCN(c3cc(-c4ccccc4)ncn3)CC2)cc1. The van der Waals surface area contributed by atoms with Gasteiger partial charge in [-0.25, -0.2) is 9.97 Å². The molecule has 0 radical (unpaired) electrons.